The Morgan fingerprint density at radius 3 is 2.85 bits per heavy atom. The largest absolute Gasteiger partial charge is 0.397 e. The number of para-hydroxylation sites is 2. The van der Waals surface area contributed by atoms with Crippen LogP contribution in [0.15, 0.2) is 36.5 Å². The summed E-state index contributed by atoms with van der Waals surface area (Å²) in [5.74, 6) is -0.425. The zero-order chi connectivity index (χ0) is 14.5. The van der Waals surface area contributed by atoms with Gasteiger partial charge in [0.05, 0.1) is 24.1 Å². The zero-order valence-electron chi connectivity index (χ0n) is 10.7. The van der Waals surface area contributed by atoms with E-state index in [-0.39, 0.29) is 12.2 Å². The first-order valence-corrected chi connectivity index (χ1v) is 6.09. The normalized spacial score (nSPS) is 12.1. The van der Waals surface area contributed by atoms with Crippen molar-refractivity contribution in [1.29, 1.82) is 0 Å². The highest BCUT2D eigenvalue weighted by atomic mass is 16.3. The van der Waals surface area contributed by atoms with E-state index >= 15 is 0 Å². The molecule has 5 N–H and O–H groups in total. The standard InChI is InChI=1S/C13H16N4O3/c14-10-3-1-2-4-12(10)17-6-5-11(16-17)13(20)15-7-9(19)8-18/h1-6,9,18-19H,7-8,14H2,(H,15,20). The second-order valence-electron chi connectivity index (χ2n) is 4.25. The molecule has 0 fully saturated rings. The molecule has 0 aliphatic heterocycles. The number of nitrogens with zero attached hydrogens (tertiary/aromatic N) is 2. The number of nitrogen functional groups attached to an aromatic ring is 1. The van der Waals surface area contributed by atoms with Gasteiger partial charge in [0.25, 0.3) is 5.91 Å². The van der Waals surface area contributed by atoms with Crippen molar-refractivity contribution in [3.05, 3.63) is 42.2 Å². The van der Waals surface area contributed by atoms with E-state index in [1.54, 1.807) is 24.4 Å². The summed E-state index contributed by atoms with van der Waals surface area (Å²) in [5.41, 5.74) is 7.28. The fraction of sp³-hybridized carbons (Fsp3) is 0.231. The van der Waals surface area contributed by atoms with E-state index in [1.165, 1.54) is 4.68 Å². The fourth-order valence-electron chi connectivity index (χ4n) is 1.64. The van der Waals surface area contributed by atoms with Crippen LogP contribution in [0.25, 0.3) is 5.69 Å². The molecule has 1 heterocycles. The van der Waals surface area contributed by atoms with Crippen LogP contribution < -0.4 is 11.1 Å². The molecule has 1 atom stereocenters. The Labute approximate surface area is 115 Å². The number of anilines is 1. The van der Waals surface area contributed by atoms with Crippen LogP contribution in [0, 0.1) is 0 Å². The molecular weight excluding hydrogens is 260 g/mol. The molecule has 2 rings (SSSR count). The van der Waals surface area contributed by atoms with Gasteiger partial charge in [0.1, 0.15) is 0 Å². The van der Waals surface area contributed by atoms with E-state index in [1.807, 2.05) is 12.1 Å². The molecular formula is C13H16N4O3. The van der Waals surface area contributed by atoms with Crippen molar-refractivity contribution in [3.63, 3.8) is 0 Å². The van der Waals surface area contributed by atoms with Crippen molar-refractivity contribution >= 4 is 11.6 Å². The van der Waals surface area contributed by atoms with Crippen LogP contribution in [0.3, 0.4) is 0 Å². The summed E-state index contributed by atoms with van der Waals surface area (Å²) in [6, 6.07) is 8.72. The quantitative estimate of drug-likeness (QED) is 0.552. The Morgan fingerprint density at radius 1 is 1.40 bits per heavy atom. The van der Waals surface area contributed by atoms with Gasteiger partial charge in [-0.2, -0.15) is 5.10 Å². The number of aromatic nitrogens is 2. The van der Waals surface area contributed by atoms with Crippen LogP contribution >= 0.6 is 0 Å². The molecule has 0 aliphatic rings. The Kier molecular flexibility index (Phi) is 4.34. The highest BCUT2D eigenvalue weighted by molar-refractivity contribution is 5.92. The number of aliphatic hydroxyl groups is 2. The smallest absolute Gasteiger partial charge is 0.271 e. The van der Waals surface area contributed by atoms with Crippen molar-refractivity contribution in [1.82, 2.24) is 15.1 Å². The predicted molar refractivity (Wildman–Crippen MR) is 73.4 cm³/mol. The maximum atomic E-state index is 11.8. The molecule has 0 spiro atoms. The minimum atomic E-state index is -0.981. The molecule has 0 radical (unpaired) electrons. The van der Waals surface area contributed by atoms with Gasteiger partial charge in [-0.05, 0) is 18.2 Å². The predicted octanol–water partition coefficient (Wildman–Crippen LogP) is -0.463. The van der Waals surface area contributed by atoms with Gasteiger partial charge in [0.15, 0.2) is 5.69 Å². The third-order valence-corrected chi connectivity index (χ3v) is 2.71. The Balaban J connectivity index is 2.09. The summed E-state index contributed by atoms with van der Waals surface area (Å²) in [5, 5.41) is 24.4. The van der Waals surface area contributed by atoms with E-state index < -0.39 is 18.6 Å². The van der Waals surface area contributed by atoms with Crippen LogP contribution in [0.4, 0.5) is 5.69 Å². The van der Waals surface area contributed by atoms with Crippen LogP contribution in [-0.4, -0.2) is 45.2 Å². The van der Waals surface area contributed by atoms with Gasteiger partial charge in [-0.1, -0.05) is 12.1 Å². The van der Waals surface area contributed by atoms with Crippen molar-refractivity contribution in [3.8, 4) is 5.69 Å². The molecule has 1 amide bonds. The Bertz CT molecular complexity index is 597. The third-order valence-electron chi connectivity index (χ3n) is 2.71. The van der Waals surface area contributed by atoms with Gasteiger partial charge in [0, 0.05) is 12.7 Å². The zero-order valence-corrected chi connectivity index (χ0v) is 10.7. The maximum Gasteiger partial charge on any atom is 0.271 e. The first kappa shape index (κ1) is 14.0. The second-order valence-corrected chi connectivity index (χ2v) is 4.25. The van der Waals surface area contributed by atoms with Crippen molar-refractivity contribution in [2.75, 3.05) is 18.9 Å². The van der Waals surface area contributed by atoms with E-state index in [0.717, 1.165) is 0 Å². The van der Waals surface area contributed by atoms with E-state index in [4.69, 9.17) is 15.9 Å². The third kappa shape index (κ3) is 3.14. The molecule has 106 valence electrons. The Morgan fingerprint density at radius 2 is 2.15 bits per heavy atom. The van der Waals surface area contributed by atoms with Gasteiger partial charge < -0.3 is 21.3 Å². The molecule has 20 heavy (non-hydrogen) atoms. The number of hydrogen-bond donors (Lipinski definition) is 4. The second kappa shape index (κ2) is 6.18. The molecule has 7 nitrogen and oxygen atoms in total. The van der Waals surface area contributed by atoms with Crippen molar-refractivity contribution in [2.24, 2.45) is 0 Å². The first-order chi connectivity index (χ1) is 9.61. The van der Waals surface area contributed by atoms with Gasteiger partial charge in [-0.3, -0.25) is 4.79 Å². The summed E-state index contributed by atoms with van der Waals surface area (Å²) >= 11 is 0. The van der Waals surface area contributed by atoms with Crippen LogP contribution in [-0.2, 0) is 0 Å². The molecule has 1 unspecified atom stereocenters. The number of hydrogen-bond acceptors (Lipinski definition) is 5. The maximum absolute atomic E-state index is 11.8. The lowest BCUT2D eigenvalue weighted by Gasteiger charge is -2.07. The summed E-state index contributed by atoms with van der Waals surface area (Å²) < 4.78 is 1.51. The molecule has 0 saturated heterocycles. The molecule has 1 aromatic carbocycles. The molecule has 7 heteroatoms. The minimum absolute atomic E-state index is 0.0321. The number of nitrogens with two attached hydrogens (primary N) is 1. The van der Waals surface area contributed by atoms with Crippen LogP contribution in [0.1, 0.15) is 10.5 Å². The average molecular weight is 276 g/mol. The minimum Gasteiger partial charge on any atom is -0.397 e. The summed E-state index contributed by atoms with van der Waals surface area (Å²) in [7, 11) is 0. The first-order valence-electron chi connectivity index (χ1n) is 6.09. The van der Waals surface area contributed by atoms with Crippen molar-refractivity contribution < 1.29 is 15.0 Å². The Hall–Kier alpha value is -2.38. The number of amides is 1. The van der Waals surface area contributed by atoms with Gasteiger partial charge in [0.2, 0.25) is 0 Å². The number of carbonyl (C=O) groups excluding carboxylic acids is 1. The highest BCUT2D eigenvalue weighted by Crippen LogP contribution is 2.15. The van der Waals surface area contributed by atoms with Crippen LogP contribution in [0.5, 0.6) is 0 Å². The topological polar surface area (TPSA) is 113 Å². The molecule has 0 bridgehead atoms. The van der Waals surface area contributed by atoms with E-state index in [0.29, 0.717) is 11.4 Å². The number of nitrogens with one attached hydrogen (secondary N) is 1. The highest BCUT2D eigenvalue weighted by Gasteiger charge is 2.12. The van der Waals surface area contributed by atoms with Gasteiger partial charge >= 0.3 is 0 Å². The molecule has 0 aliphatic carbocycles. The SMILES string of the molecule is Nc1ccccc1-n1ccc(C(=O)NCC(O)CO)n1. The van der Waals surface area contributed by atoms with Gasteiger partial charge in [-0.25, -0.2) is 4.68 Å². The number of aliphatic hydroxyl groups excluding tert-OH is 2. The number of carbonyl (C=O) groups is 1. The summed E-state index contributed by atoms with van der Waals surface area (Å²) in [6.07, 6.45) is 0.647. The number of rotatable bonds is 5. The molecule has 1 aromatic heterocycles. The fourth-order valence-corrected chi connectivity index (χ4v) is 1.64. The lowest BCUT2D eigenvalue weighted by Crippen LogP contribution is -2.34. The summed E-state index contributed by atoms with van der Waals surface area (Å²) in [4.78, 5) is 11.8. The average Bonchev–Trinajstić information content (AvgIpc) is 2.94. The lowest BCUT2D eigenvalue weighted by atomic mass is 10.3. The molecule has 0 saturated carbocycles. The van der Waals surface area contributed by atoms with E-state index in [9.17, 15) is 4.79 Å². The summed E-state index contributed by atoms with van der Waals surface area (Å²) in [6.45, 7) is -0.440. The van der Waals surface area contributed by atoms with E-state index in [2.05, 4.69) is 10.4 Å². The number of benzene rings is 1. The molecule has 2 aromatic rings. The van der Waals surface area contributed by atoms with Crippen molar-refractivity contribution in [2.45, 2.75) is 6.10 Å². The van der Waals surface area contributed by atoms with Gasteiger partial charge in [-0.15, -0.1) is 0 Å². The monoisotopic (exact) mass is 276 g/mol. The lowest BCUT2D eigenvalue weighted by molar-refractivity contribution is 0.0798. The van der Waals surface area contributed by atoms with Crippen LogP contribution in [0.2, 0.25) is 0 Å².